The highest BCUT2D eigenvalue weighted by atomic mass is 32.1. The molecule has 1 spiro atoms. The third kappa shape index (κ3) is 4.54. The minimum absolute atomic E-state index is 0.0426. The van der Waals surface area contributed by atoms with Crippen LogP contribution < -0.4 is 5.32 Å². The molecule has 158 valence electrons. The summed E-state index contributed by atoms with van der Waals surface area (Å²) in [5, 5.41) is 11.4. The number of aromatic nitrogens is 3. The molecule has 4 heterocycles. The van der Waals surface area contributed by atoms with E-state index >= 15 is 0 Å². The summed E-state index contributed by atoms with van der Waals surface area (Å²) in [5.74, 6) is 1.04. The number of carbonyl (C=O) groups excluding carboxylic acids is 1. The molecule has 0 bridgehead atoms. The van der Waals surface area contributed by atoms with Crippen molar-refractivity contribution in [2.24, 2.45) is 5.41 Å². The Morgan fingerprint density at radius 1 is 1.34 bits per heavy atom. The van der Waals surface area contributed by atoms with Gasteiger partial charge in [-0.25, -0.2) is 0 Å². The first kappa shape index (κ1) is 20.5. The van der Waals surface area contributed by atoms with Gasteiger partial charge in [-0.1, -0.05) is 6.92 Å². The van der Waals surface area contributed by atoms with Crippen LogP contribution >= 0.6 is 11.3 Å². The van der Waals surface area contributed by atoms with Crippen molar-refractivity contribution in [1.29, 1.82) is 0 Å². The summed E-state index contributed by atoms with van der Waals surface area (Å²) < 4.78 is 8.00. The van der Waals surface area contributed by atoms with E-state index in [9.17, 15) is 4.79 Å². The maximum Gasteiger partial charge on any atom is 0.289 e. The summed E-state index contributed by atoms with van der Waals surface area (Å²) >= 11 is 1.88. The molecule has 2 aliphatic rings. The topological polar surface area (TPSA) is 72.3 Å². The third-order valence-corrected chi connectivity index (χ3v) is 7.23. The van der Waals surface area contributed by atoms with Gasteiger partial charge in [-0.15, -0.1) is 21.5 Å². The van der Waals surface area contributed by atoms with Crippen molar-refractivity contribution < 1.29 is 9.53 Å². The molecule has 2 aromatic rings. The van der Waals surface area contributed by atoms with Crippen molar-refractivity contribution in [2.45, 2.75) is 65.8 Å². The summed E-state index contributed by atoms with van der Waals surface area (Å²) in [4.78, 5) is 18.0. The fourth-order valence-corrected chi connectivity index (χ4v) is 5.12. The number of fused-ring (bicyclic) bond motifs is 1. The summed E-state index contributed by atoms with van der Waals surface area (Å²) in [6, 6.07) is 4.56. The van der Waals surface area contributed by atoms with Crippen molar-refractivity contribution in [3.8, 4) is 0 Å². The van der Waals surface area contributed by atoms with E-state index in [0.717, 1.165) is 51.3 Å². The monoisotopic (exact) mass is 417 g/mol. The summed E-state index contributed by atoms with van der Waals surface area (Å²) in [7, 11) is 0. The zero-order chi connectivity index (χ0) is 20.4. The Morgan fingerprint density at radius 2 is 2.14 bits per heavy atom. The lowest BCUT2D eigenvalue weighted by atomic mass is 9.79. The highest BCUT2D eigenvalue weighted by Crippen LogP contribution is 2.37. The predicted octanol–water partition coefficient (Wildman–Crippen LogP) is 2.99. The van der Waals surface area contributed by atoms with Gasteiger partial charge < -0.3 is 14.6 Å². The standard InChI is InChI=1S/C21H31N5O2S/c1-4-15(2)22-20(27)19-24-23-18-12-28-14-21(13-26(18)19)7-9-25(10-8-21)11-17-6-5-16(3)29-17/h5-6,15H,4,7-14H2,1-3H3,(H,22,27)/t15-/m1/s1. The van der Waals surface area contributed by atoms with Crippen molar-refractivity contribution in [3.05, 3.63) is 33.5 Å². The van der Waals surface area contributed by atoms with Crippen LogP contribution in [-0.4, -0.2) is 51.3 Å². The number of carbonyl (C=O) groups is 1. The Kier molecular flexibility index (Phi) is 6.03. The summed E-state index contributed by atoms with van der Waals surface area (Å²) in [6.45, 7) is 11.2. The van der Waals surface area contributed by atoms with Gasteiger partial charge in [0.1, 0.15) is 6.61 Å². The van der Waals surface area contributed by atoms with E-state index in [2.05, 4.69) is 46.4 Å². The number of nitrogens with one attached hydrogen (secondary N) is 1. The van der Waals surface area contributed by atoms with E-state index in [1.165, 1.54) is 9.75 Å². The Balaban J connectivity index is 1.44. The SMILES string of the molecule is CC[C@@H](C)NC(=O)c1nnc2n1CC1(CCN(Cc3ccc(C)s3)CC1)COC2. The third-order valence-electron chi connectivity index (χ3n) is 6.25. The molecule has 1 atom stereocenters. The first-order valence-corrected chi connectivity index (χ1v) is 11.4. The molecule has 0 saturated carbocycles. The van der Waals surface area contributed by atoms with Crippen molar-refractivity contribution >= 4 is 17.2 Å². The number of piperidine rings is 1. The summed E-state index contributed by atoms with van der Waals surface area (Å²) in [6.07, 6.45) is 3.00. The molecule has 8 heteroatoms. The maximum absolute atomic E-state index is 12.7. The molecule has 0 unspecified atom stereocenters. The van der Waals surface area contributed by atoms with Crippen molar-refractivity contribution in [2.75, 3.05) is 19.7 Å². The van der Waals surface area contributed by atoms with Crippen LogP contribution in [0.4, 0.5) is 0 Å². The molecule has 0 aliphatic carbocycles. The van der Waals surface area contributed by atoms with Gasteiger partial charge in [0.05, 0.1) is 6.61 Å². The number of likely N-dealkylation sites (tertiary alicyclic amines) is 1. The first-order valence-electron chi connectivity index (χ1n) is 10.6. The smallest absolute Gasteiger partial charge is 0.289 e. The van der Waals surface area contributed by atoms with Crippen LogP contribution in [0.15, 0.2) is 12.1 Å². The minimum atomic E-state index is -0.138. The normalized spacial score (nSPS) is 20.2. The Hall–Kier alpha value is -1.77. The van der Waals surface area contributed by atoms with Crippen LogP contribution in [0.5, 0.6) is 0 Å². The van der Waals surface area contributed by atoms with Gasteiger partial charge in [0.25, 0.3) is 5.91 Å². The molecule has 0 radical (unpaired) electrons. The lowest BCUT2D eigenvalue weighted by molar-refractivity contribution is -0.00552. The van der Waals surface area contributed by atoms with Crippen LogP contribution in [0.25, 0.3) is 0 Å². The van der Waals surface area contributed by atoms with E-state index in [1.807, 2.05) is 22.8 Å². The number of rotatable bonds is 5. The first-order chi connectivity index (χ1) is 14.0. The number of nitrogens with zero attached hydrogens (tertiary/aromatic N) is 4. The van der Waals surface area contributed by atoms with Crippen LogP contribution in [0.1, 0.15) is 59.3 Å². The molecule has 29 heavy (non-hydrogen) atoms. The van der Waals surface area contributed by atoms with Crippen molar-refractivity contribution in [3.63, 3.8) is 0 Å². The molecule has 1 amide bonds. The average Bonchev–Trinajstić information content (AvgIpc) is 3.25. The zero-order valence-electron chi connectivity index (χ0n) is 17.6. The van der Waals surface area contributed by atoms with E-state index < -0.39 is 0 Å². The maximum atomic E-state index is 12.7. The largest absolute Gasteiger partial charge is 0.373 e. The summed E-state index contributed by atoms with van der Waals surface area (Å²) in [5.41, 5.74) is 0.0426. The van der Waals surface area contributed by atoms with Gasteiger partial charge in [0.15, 0.2) is 5.82 Å². The van der Waals surface area contributed by atoms with Crippen LogP contribution in [-0.2, 0) is 24.4 Å². The van der Waals surface area contributed by atoms with Gasteiger partial charge in [-0.2, -0.15) is 0 Å². The van der Waals surface area contributed by atoms with E-state index in [1.54, 1.807) is 0 Å². The lowest BCUT2D eigenvalue weighted by Gasteiger charge is -2.41. The highest BCUT2D eigenvalue weighted by molar-refractivity contribution is 7.11. The molecular weight excluding hydrogens is 386 g/mol. The zero-order valence-corrected chi connectivity index (χ0v) is 18.4. The number of hydrogen-bond acceptors (Lipinski definition) is 6. The number of ether oxygens (including phenoxy) is 1. The highest BCUT2D eigenvalue weighted by Gasteiger charge is 2.39. The Bertz CT molecular complexity index is 853. The van der Waals surface area contributed by atoms with E-state index in [-0.39, 0.29) is 17.4 Å². The number of amides is 1. The second kappa shape index (κ2) is 8.53. The van der Waals surface area contributed by atoms with Crippen LogP contribution in [0.3, 0.4) is 0 Å². The predicted molar refractivity (Wildman–Crippen MR) is 113 cm³/mol. The van der Waals surface area contributed by atoms with Crippen LogP contribution in [0.2, 0.25) is 0 Å². The molecular formula is C21H31N5O2S. The van der Waals surface area contributed by atoms with Crippen molar-refractivity contribution in [1.82, 2.24) is 25.0 Å². The minimum Gasteiger partial charge on any atom is -0.373 e. The second-order valence-electron chi connectivity index (χ2n) is 8.59. The van der Waals surface area contributed by atoms with Gasteiger partial charge in [-0.05, 0) is 58.3 Å². The Morgan fingerprint density at radius 3 is 2.83 bits per heavy atom. The van der Waals surface area contributed by atoms with Gasteiger partial charge in [0.2, 0.25) is 5.82 Å². The number of thiophene rings is 1. The molecule has 2 aliphatic heterocycles. The molecule has 0 aromatic carbocycles. The fourth-order valence-electron chi connectivity index (χ4n) is 4.18. The average molecular weight is 418 g/mol. The van der Waals surface area contributed by atoms with Gasteiger partial charge in [0, 0.05) is 34.3 Å². The second-order valence-corrected chi connectivity index (χ2v) is 9.96. The van der Waals surface area contributed by atoms with Gasteiger partial charge in [-0.3, -0.25) is 9.69 Å². The molecule has 1 N–H and O–H groups in total. The fraction of sp³-hybridized carbons (Fsp3) is 0.667. The molecule has 7 nitrogen and oxygen atoms in total. The molecule has 1 fully saturated rings. The van der Waals surface area contributed by atoms with E-state index in [4.69, 9.17) is 4.74 Å². The van der Waals surface area contributed by atoms with E-state index in [0.29, 0.717) is 19.0 Å². The molecule has 2 aromatic heterocycles. The van der Waals surface area contributed by atoms with Gasteiger partial charge >= 0.3 is 0 Å². The molecule has 1 saturated heterocycles. The lowest BCUT2D eigenvalue weighted by Crippen LogP contribution is -2.44. The number of aryl methyl sites for hydroxylation is 1. The Labute approximate surface area is 176 Å². The molecule has 4 rings (SSSR count). The quantitative estimate of drug-likeness (QED) is 0.810. The van der Waals surface area contributed by atoms with Crippen LogP contribution in [0, 0.1) is 12.3 Å². The number of hydrogen-bond donors (Lipinski definition) is 1.